The van der Waals surface area contributed by atoms with Gasteiger partial charge in [-0.05, 0) is 12.1 Å². The van der Waals surface area contributed by atoms with Crippen molar-refractivity contribution in [3.05, 3.63) is 29.3 Å². The minimum absolute atomic E-state index is 0.360. The van der Waals surface area contributed by atoms with E-state index >= 15 is 0 Å². The van der Waals surface area contributed by atoms with Crippen molar-refractivity contribution >= 4 is 17.6 Å². The zero-order chi connectivity index (χ0) is 15.7. The molecule has 10 heteroatoms. The molecule has 0 unspecified atom stereocenters. The van der Waals surface area contributed by atoms with Gasteiger partial charge in [-0.25, -0.2) is 4.79 Å². The first-order chi connectivity index (χ1) is 8.94. The van der Waals surface area contributed by atoms with Gasteiger partial charge in [0.1, 0.15) is 0 Å². The highest BCUT2D eigenvalue weighted by atomic mass is 19.4. The zero-order valence-corrected chi connectivity index (χ0v) is 9.26. The predicted octanol–water partition coefficient (Wildman–Crippen LogP) is 2.90. The smallest absolute Gasteiger partial charge is 0.471 e. The normalized spacial score (nSPS) is 12.1. The molecule has 110 valence electrons. The molecule has 0 heterocycles. The molecule has 0 bridgehead atoms. The van der Waals surface area contributed by atoms with Crippen LogP contribution in [-0.4, -0.2) is 23.2 Å². The molecule has 0 saturated carbocycles. The third-order valence-electron chi connectivity index (χ3n) is 2.10. The molecule has 1 rings (SSSR count). The van der Waals surface area contributed by atoms with Crippen LogP contribution in [-0.2, 0) is 11.0 Å². The maximum atomic E-state index is 12.6. The van der Waals surface area contributed by atoms with Gasteiger partial charge in [-0.3, -0.25) is 4.79 Å². The summed E-state index contributed by atoms with van der Waals surface area (Å²) in [6.07, 6.45) is -10.6. The van der Waals surface area contributed by atoms with Crippen molar-refractivity contribution in [2.24, 2.45) is 0 Å². The maximum Gasteiger partial charge on any atom is 0.471 e. The zero-order valence-electron chi connectivity index (χ0n) is 9.26. The number of para-hydroxylation sites is 1. The van der Waals surface area contributed by atoms with E-state index in [0.29, 0.717) is 18.2 Å². The van der Waals surface area contributed by atoms with Crippen LogP contribution in [0.15, 0.2) is 18.2 Å². The minimum atomic E-state index is -5.45. The van der Waals surface area contributed by atoms with Crippen LogP contribution in [0.1, 0.15) is 15.9 Å². The fourth-order valence-corrected chi connectivity index (χ4v) is 1.29. The van der Waals surface area contributed by atoms with E-state index in [1.54, 1.807) is 0 Å². The Kier molecular flexibility index (Phi) is 3.97. The summed E-state index contributed by atoms with van der Waals surface area (Å²) < 4.78 is 74.0. The summed E-state index contributed by atoms with van der Waals surface area (Å²) in [6, 6.07) is 1.71. The number of carbonyl (C=O) groups is 2. The fraction of sp³-hybridized carbons (Fsp3) is 0.200. The van der Waals surface area contributed by atoms with Crippen LogP contribution in [0.3, 0.4) is 0 Å². The van der Waals surface area contributed by atoms with Gasteiger partial charge in [0, 0.05) is 0 Å². The van der Waals surface area contributed by atoms with Crippen molar-refractivity contribution in [3.8, 4) is 0 Å². The topological polar surface area (TPSA) is 66.4 Å². The summed E-state index contributed by atoms with van der Waals surface area (Å²) in [5.74, 6) is -4.61. The van der Waals surface area contributed by atoms with Gasteiger partial charge in [0.25, 0.3) is 0 Å². The lowest BCUT2D eigenvalue weighted by Crippen LogP contribution is -2.31. The number of alkyl halides is 6. The third kappa shape index (κ3) is 3.39. The molecule has 0 aromatic heterocycles. The van der Waals surface area contributed by atoms with Gasteiger partial charge >= 0.3 is 24.2 Å². The largest absolute Gasteiger partial charge is 0.478 e. The first kappa shape index (κ1) is 15.8. The second-order valence-corrected chi connectivity index (χ2v) is 3.48. The number of carboxylic acid groups (broad SMARTS) is 1. The van der Waals surface area contributed by atoms with E-state index in [1.807, 2.05) is 0 Å². The highest BCUT2D eigenvalue weighted by Crippen LogP contribution is 2.37. The van der Waals surface area contributed by atoms with Gasteiger partial charge in [-0.15, -0.1) is 0 Å². The molecule has 0 fully saturated rings. The Labute approximate surface area is 107 Å². The van der Waals surface area contributed by atoms with E-state index in [2.05, 4.69) is 0 Å². The van der Waals surface area contributed by atoms with Crippen LogP contribution in [0, 0.1) is 0 Å². The SMILES string of the molecule is O=C(O)c1cccc(C(F)(F)F)c1NC(=O)C(F)(F)F. The Morgan fingerprint density at radius 1 is 1.05 bits per heavy atom. The van der Waals surface area contributed by atoms with Crippen LogP contribution in [0.25, 0.3) is 0 Å². The van der Waals surface area contributed by atoms with Crippen molar-refractivity contribution in [2.45, 2.75) is 12.4 Å². The molecule has 0 saturated heterocycles. The molecule has 0 atom stereocenters. The highest BCUT2D eigenvalue weighted by molar-refractivity contribution is 6.03. The average molecular weight is 301 g/mol. The third-order valence-corrected chi connectivity index (χ3v) is 2.10. The summed E-state index contributed by atoms with van der Waals surface area (Å²) >= 11 is 0. The van der Waals surface area contributed by atoms with Crippen molar-refractivity contribution in [1.29, 1.82) is 0 Å². The number of amides is 1. The van der Waals surface area contributed by atoms with Crippen molar-refractivity contribution < 1.29 is 41.0 Å². The Morgan fingerprint density at radius 2 is 1.60 bits per heavy atom. The number of halogens is 6. The first-order valence-electron chi connectivity index (χ1n) is 4.76. The molecule has 1 amide bonds. The quantitative estimate of drug-likeness (QED) is 0.825. The molecule has 0 radical (unpaired) electrons. The van der Waals surface area contributed by atoms with Crippen molar-refractivity contribution in [2.75, 3.05) is 5.32 Å². The molecule has 0 spiro atoms. The maximum absolute atomic E-state index is 12.6. The monoisotopic (exact) mass is 301 g/mol. The summed E-state index contributed by atoms with van der Waals surface area (Å²) in [5.41, 5.74) is -4.23. The molecular weight excluding hydrogens is 296 g/mol. The van der Waals surface area contributed by atoms with Crippen LogP contribution < -0.4 is 5.32 Å². The van der Waals surface area contributed by atoms with Gasteiger partial charge in [0.05, 0.1) is 16.8 Å². The number of carboxylic acids is 1. The fourth-order valence-electron chi connectivity index (χ4n) is 1.29. The van der Waals surface area contributed by atoms with E-state index in [4.69, 9.17) is 5.11 Å². The van der Waals surface area contributed by atoms with Crippen LogP contribution >= 0.6 is 0 Å². The van der Waals surface area contributed by atoms with E-state index in [-0.39, 0.29) is 0 Å². The molecule has 0 aliphatic carbocycles. The van der Waals surface area contributed by atoms with Gasteiger partial charge in [0.2, 0.25) is 0 Å². The average Bonchev–Trinajstić information content (AvgIpc) is 2.25. The number of nitrogens with one attached hydrogen (secondary N) is 1. The number of anilines is 1. The van der Waals surface area contributed by atoms with Gasteiger partial charge in [-0.2, -0.15) is 26.3 Å². The second kappa shape index (κ2) is 5.02. The summed E-state index contributed by atoms with van der Waals surface area (Å²) in [4.78, 5) is 21.4. The highest BCUT2D eigenvalue weighted by Gasteiger charge is 2.42. The Balaban J connectivity index is 3.41. The first-order valence-corrected chi connectivity index (χ1v) is 4.76. The lowest BCUT2D eigenvalue weighted by atomic mass is 10.1. The molecule has 0 aliphatic heterocycles. The second-order valence-electron chi connectivity index (χ2n) is 3.48. The number of aromatic carboxylic acids is 1. The number of rotatable bonds is 2. The summed E-state index contributed by atoms with van der Waals surface area (Å²) in [5, 5.41) is 9.61. The number of benzene rings is 1. The molecule has 0 aliphatic rings. The van der Waals surface area contributed by atoms with E-state index in [9.17, 15) is 35.9 Å². The molecule has 20 heavy (non-hydrogen) atoms. The predicted molar refractivity (Wildman–Crippen MR) is 53.1 cm³/mol. The molecular formula is C10H5F6NO3. The number of hydrogen-bond acceptors (Lipinski definition) is 2. The minimum Gasteiger partial charge on any atom is -0.478 e. The molecule has 4 nitrogen and oxygen atoms in total. The Hall–Kier alpha value is -2.26. The van der Waals surface area contributed by atoms with E-state index < -0.39 is 41.0 Å². The van der Waals surface area contributed by atoms with Crippen LogP contribution in [0.4, 0.5) is 32.0 Å². The number of carbonyl (C=O) groups excluding carboxylic acids is 1. The summed E-state index contributed by atoms with van der Waals surface area (Å²) in [6.45, 7) is 0. The van der Waals surface area contributed by atoms with E-state index in [1.165, 1.54) is 0 Å². The lowest BCUT2D eigenvalue weighted by Gasteiger charge is -2.16. The van der Waals surface area contributed by atoms with Gasteiger partial charge in [0.15, 0.2) is 0 Å². The lowest BCUT2D eigenvalue weighted by molar-refractivity contribution is -0.167. The molecule has 2 N–H and O–H groups in total. The van der Waals surface area contributed by atoms with Crippen molar-refractivity contribution in [3.63, 3.8) is 0 Å². The standard InChI is InChI=1S/C10H5F6NO3/c11-9(12,13)5-3-1-2-4(7(18)19)6(5)17-8(20)10(14,15)16/h1-3H,(H,17,20)(H,18,19). The van der Waals surface area contributed by atoms with Crippen molar-refractivity contribution in [1.82, 2.24) is 0 Å². The van der Waals surface area contributed by atoms with Gasteiger partial charge < -0.3 is 10.4 Å². The van der Waals surface area contributed by atoms with Crippen LogP contribution in [0.5, 0.6) is 0 Å². The van der Waals surface area contributed by atoms with Crippen LogP contribution in [0.2, 0.25) is 0 Å². The Bertz CT molecular complexity index is 549. The van der Waals surface area contributed by atoms with Gasteiger partial charge in [-0.1, -0.05) is 6.07 Å². The molecule has 1 aromatic carbocycles. The Morgan fingerprint density at radius 3 is 2.00 bits per heavy atom. The van der Waals surface area contributed by atoms with E-state index in [0.717, 1.165) is 5.32 Å². The number of hydrogen-bond donors (Lipinski definition) is 2. The molecule has 1 aromatic rings. The summed E-state index contributed by atoms with van der Waals surface area (Å²) in [7, 11) is 0.